The van der Waals surface area contributed by atoms with Crippen LogP contribution in [0.25, 0.3) is 0 Å². The number of nitrogens with one attached hydrogen (secondary N) is 1. The van der Waals surface area contributed by atoms with Crippen LogP contribution in [-0.2, 0) is 5.54 Å². The van der Waals surface area contributed by atoms with Crippen molar-refractivity contribution >= 4 is 28.5 Å². The lowest BCUT2D eigenvalue weighted by Gasteiger charge is -2.14. The predicted octanol–water partition coefficient (Wildman–Crippen LogP) is 2.87. The minimum absolute atomic E-state index is 0.235. The molecule has 1 saturated carbocycles. The number of anilines is 1. The second-order valence-corrected chi connectivity index (χ2v) is 7.61. The van der Waals surface area contributed by atoms with Crippen LogP contribution in [0.3, 0.4) is 0 Å². The van der Waals surface area contributed by atoms with Crippen molar-refractivity contribution in [1.82, 2.24) is 4.98 Å². The van der Waals surface area contributed by atoms with E-state index in [0.29, 0.717) is 22.3 Å². The number of nitrogens with zero attached hydrogens (tertiary/aromatic N) is 3. The van der Waals surface area contributed by atoms with Gasteiger partial charge in [-0.05, 0) is 48.6 Å². The number of pyridine rings is 1. The smallest absolute Gasteiger partial charge is 0.274 e. The highest BCUT2D eigenvalue weighted by Crippen LogP contribution is 2.59. The van der Waals surface area contributed by atoms with Crippen LogP contribution >= 0.6 is 11.8 Å². The lowest BCUT2D eigenvalue weighted by atomic mass is 10.0. The van der Waals surface area contributed by atoms with E-state index >= 15 is 0 Å². The molecule has 0 bridgehead atoms. The predicted molar refractivity (Wildman–Crippen MR) is 102 cm³/mol. The molecule has 7 heteroatoms. The summed E-state index contributed by atoms with van der Waals surface area (Å²) in [5.74, 6) is 1.21. The van der Waals surface area contributed by atoms with Crippen molar-refractivity contribution in [2.75, 3.05) is 11.1 Å². The number of aromatic nitrogens is 1. The zero-order valence-electron chi connectivity index (χ0n) is 14.0. The second-order valence-electron chi connectivity index (χ2n) is 6.49. The number of hydrogen-bond acceptors (Lipinski definition) is 6. The summed E-state index contributed by atoms with van der Waals surface area (Å²) in [6.07, 6.45) is 3.49. The SMILES string of the molecule is N#Cc1ccc(C(=O)Nc2cccc(C34CC3CCSC(N)=N4)c2)nc1. The van der Waals surface area contributed by atoms with Gasteiger partial charge in [-0.15, -0.1) is 0 Å². The first-order valence-corrected chi connectivity index (χ1v) is 9.35. The largest absolute Gasteiger partial charge is 0.379 e. The Hall–Kier alpha value is -2.85. The molecule has 4 rings (SSSR count). The standard InChI is InChI=1S/C19H17N5OS/c20-10-12-4-5-16(22-11-12)17(25)23-15-3-1-2-13(8-15)19-9-14(19)6-7-26-18(21)24-19/h1-5,8,11,14H,6-7,9H2,(H2,21,24)(H,23,25). The number of rotatable bonds is 3. The quantitative estimate of drug-likeness (QED) is 0.872. The molecule has 0 radical (unpaired) electrons. The van der Waals surface area contributed by atoms with Gasteiger partial charge in [-0.2, -0.15) is 5.26 Å². The van der Waals surface area contributed by atoms with Gasteiger partial charge in [-0.3, -0.25) is 9.79 Å². The number of hydrogen-bond donors (Lipinski definition) is 2. The van der Waals surface area contributed by atoms with E-state index in [1.165, 1.54) is 6.20 Å². The van der Waals surface area contributed by atoms with E-state index in [0.717, 1.165) is 24.2 Å². The van der Waals surface area contributed by atoms with Crippen molar-refractivity contribution in [2.45, 2.75) is 18.4 Å². The van der Waals surface area contributed by atoms with Crippen molar-refractivity contribution < 1.29 is 4.79 Å². The first-order chi connectivity index (χ1) is 12.6. The Morgan fingerprint density at radius 1 is 1.38 bits per heavy atom. The van der Waals surface area contributed by atoms with Crippen molar-refractivity contribution in [3.05, 3.63) is 59.4 Å². The molecule has 2 heterocycles. The van der Waals surface area contributed by atoms with E-state index < -0.39 is 0 Å². The molecule has 6 nitrogen and oxygen atoms in total. The number of benzene rings is 1. The van der Waals surface area contributed by atoms with Crippen LogP contribution in [0.15, 0.2) is 47.6 Å². The van der Waals surface area contributed by atoms with Crippen LogP contribution in [0.5, 0.6) is 0 Å². The third-order valence-electron chi connectivity index (χ3n) is 4.84. The normalized spacial score (nSPS) is 23.8. The number of amides is 1. The van der Waals surface area contributed by atoms with Gasteiger partial charge in [-0.1, -0.05) is 23.9 Å². The highest BCUT2D eigenvalue weighted by Gasteiger charge is 2.56. The summed E-state index contributed by atoms with van der Waals surface area (Å²) in [7, 11) is 0. The Balaban J connectivity index is 1.56. The highest BCUT2D eigenvalue weighted by molar-refractivity contribution is 8.13. The van der Waals surface area contributed by atoms with Gasteiger partial charge in [0, 0.05) is 17.6 Å². The average molecular weight is 363 g/mol. The Labute approximate surface area is 155 Å². The molecule has 3 N–H and O–H groups in total. The lowest BCUT2D eigenvalue weighted by Crippen LogP contribution is -2.16. The van der Waals surface area contributed by atoms with Crippen molar-refractivity contribution in [3.63, 3.8) is 0 Å². The fraction of sp³-hybridized carbons (Fsp3) is 0.263. The number of carbonyl (C=O) groups is 1. The van der Waals surface area contributed by atoms with E-state index in [2.05, 4.69) is 10.3 Å². The van der Waals surface area contributed by atoms with E-state index in [1.54, 1.807) is 23.9 Å². The first kappa shape index (κ1) is 16.6. The minimum Gasteiger partial charge on any atom is -0.379 e. The molecule has 2 aromatic rings. The zero-order valence-corrected chi connectivity index (χ0v) is 14.8. The third-order valence-corrected chi connectivity index (χ3v) is 5.67. The maximum atomic E-state index is 12.4. The van der Waals surface area contributed by atoms with Crippen LogP contribution < -0.4 is 11.1 Å². The van der Waals surface area contributed by atoms with Gasteiger partial charge in [0.15, 0.2) is 5.17 Å². The number of nitriles is 1. The summed E-state index contributed by atoms with van der Waals surface area (Å²) in [6.45, 7) is 0. The van der Waals surface area contributed by atoms with E-state index in [1.807, 2.05) is 30.3 Å². The molecule has 0 saturated heterocycles. The molecule has 26 heavy (non-hydrogen) atoms. The molecule has 2 unspecified atom stereocenters. The summed E-state index contributed by atoms with van der Waals surface area (Å²) in [5.41, 5.74) is 8.24. The lowest BCUT2D eigenvalue weighted by molar-refractivity contribution is 0.102. The highest BCUT2D eigenvalue weighted by atomic mass is 32.2. The maximum absolute atomic E-state index is 12.4. The van der Waals surface area contributed by atoms with E-state index in [4.69, 9.17) is 16.0 Å². The Morgan fingerprint density at radius 3 is 3.04 bits per heavy atom. The number of thioether (sulfide) groups is 1. The molecular formula is C19H17N5OS. The van der Waals surface area contributed by atoms with Crippen molar-refractivity contribution in [3.8, 4) is 6.07 Å². The second kappa shape index (κ2) is 6.46. The van der Waals surface area contributed by atoms with Crippen LogP contribution in [-0.4, -0.2) is 21.8 Å². The Kier molecular flexibility index (Phi) is 4.13. The topological polar surface area (TPSA) is 104 Å². The Bertz CT molecular complexity index is 934. The number of aliphatic imine (C=N–C) groups is 1. The van der Waals surface area contributed by atoms with Gasteiger partial charge in [0.05, 0.1) is 11.1 Å². The van der Waals surface area contributed by atoms with Crippen LogP contribution in [0.1, 0.15) is 34.5 Å². The maximum Gasteiger partial charge on any atom is 0.274 e. The minimum atomic E-state index is -0.309. The summed E-state index contributed by atoms with van der Waals surface area (Å²) in [4.78, 5) is 21.2. The summed E-state index contributed by atoms with van der Waals surface area (Å²) in [6, 6.07) is 12.9. The molecule has 2 aliphatic rings. The molecule has 1 aliphatic carbocycles. The number of carbonyl (C=O) groups excluding carboxylic acids is 1. The van der Waals surface area contributed by atoms with Crippen LogP contribution in [0, 0.1) is 17.2 Å². The molecule has 2 atom stereocenters. The Morgan fingerprint density at radius 2 is 2.27 bits per heavy atom. The fourth-order valence-electron chi connectivity index (χ4n) is 3.40. The van der Waals surface area contributed by atoms with Gasteiger partial charge < -0.3 is 11.1 Å². The fourth-order valence-corrected chi connectivity index (χ4v) is 4.24. The monoisotopic (exact) mass is 363 g/mol. The van der Waals surface area contributed by atoms with Gasteiger partial charge in [-0.25, -0.2) is 4.98 Å². The van der Waals surface area contributed by atoms with Crippen molar-refractivity contribution in [2.24, 2.45) is 16.6 Å². The molecule has 1 amide bonds. The molecule has 1 aliphatic heterocycles. The van der Waals surface area contributed by atoms with Crippen LogP contribution in [0.4, 0.5) is 5.69 Å². The molecular weight excluding hydrogens is 346 g/mol. The molecule has 0 spiro atoms. The summed E-state index contributed by atoms with van der Waals surface area (Å²) < 4.78 is 0. The average Bonchev–Trinajstić information content (AvgIpc) is 3.37. The zero-order chi connectivity index (χ0) is 18.1. The van der Waals surface area contributed by atoms with Gasteiger partial charge >= 0.3 is 0 Å². The third kappa shape index (κ3) is 3.04. The molecule has 1 aromatic heterocycles. The molecule has 1 aromatic carbocycles. The van der Waals surface area contributed by atoms with Gasteiger partial charge in [0.25, 0.3) is 5.91 Å². The van der Waals surface area contributed by atoms with Gasteiger partial charge in [0.2, 0.25) is 0 Å². The number of amidine groups is 1. The first-order valence-electron chi connectivity index (χ1n) is 8.37. The van der Waals surface area contributed by atoms with E-state index in [-0.39, 0.29) is 17.1 Å². The van der Waals surface area contributed by atoms with E-state index in [9.17, 15) is 4.79 Å². The summed E-state index contributed by atoms with van der Waals surface area (Å²) >= 11 is 1.61. The summed E-state index contributed by atoms with van der Waals surface area (Å²) in [5, 5.41) is 12.3. The number of nitrogens with two attached hydrogens (primary N) is 1. The van der Waals surface area contributed by atoms with Crippen molar-refractivity contribution in [1.29, 1.82) is 5.26 Å². The molecule has 1 fully saturated rings. The molecule has 130 valence electrons. The van der Waals surface area contributed by atoms with Crippen LogP contribution in [0.2, 0.25) is 0 Å². The number of fused-ring (bicyclic) bond motifs is 1. The van der Waals surface area contributed by atoms with Gasteiger partial charge in [0.1, 0.15) is 11.8 Å².